The zero-order chi connectivity index (χ0) is 10.8. The van der Waals surface area contributed by atoms with Crippen molar-refractivity contribution in [2.24, 2.45) is 17.8 Å². The van der Waals surface area contributed by atoms with Gasteiger partial charge in [0.05, 0.1) is 7.11 Å². The molecule has 1 saturated heterocycles. The number of piperidine rings is 1. The minimum absolute atomic E-state index is 0.0264. The number of carbonyl (C=O) groups is 1. The highest BCUT2D eigenvalue weighted by Gasteiger charge is 2.39. The molecule has 2 fully saturated rings. The van der Waals surface area contributed by atoms with Crippen molar-refractivity contribution in [3.63, 3.8) is 0 Å². The van der Waals surface area contributed by atoms with Gasteiger partial charge in [-0.1, -0.05) is 6.42 Å². The van der Waals surface area contributed by atoms with E-state index in [4.69, 9.17) is 4.74 Å². The van der Waals surface area contributed by atoms with Gasteiger partial charge in [0.1, 0.15) is 0 Å². The second-order valence-electron chi connectivity index (χ2n) is 5.12. The van der Waals surface area contributed by atoms with Gasteiger partial charge < -0.3 is 9.64 Å². The molecular formula is C12H21NO2. The van der Waals surface area contributed by atoms with Crippen molar-refractivity contribution in [2.45, 2.75) is 25.7 Å². The van der Waals surface area contributed by atoms with Crippen LogP contribution in [0.5, 0.6) is 0 Å². The van der Waals surface area contributed by atoms with Gasteiger partial charge >= 0.3 is 5.97 Å². The summed E-state index contributed by atoms with van der Waals surface area (Å²) in [5, 5.41) is 0. The minimum Gasteiger partial charge on any atom is -0.469 e. The Balaban J connectivity index is 2.01. The molecule has 1 aliphatic heterocycles. The van der Waals surface area contributed by atoms with Gasteiger partial charge in [-0.2, -0.15) is 0 Å². The maximum atomic E-state index is 11.4. The molecule has 2 rings (SSSR count). The van der Waals surface area contributed by atoms with Gasteiger partial charge in [-0.3, -0.25) is 4.79 Å². The fourth-order valence-corrected chi connectivity index (χ4v) is 3.39. The molecule has 0 aromatic carbocycles. The average Bonchev–Trinajstić information content (AvgIpc) is 2.19. The van der Waals surface area contributed by atoms with Crippen LogP contribution in [-0.4, -0.2) is 38.1 Å². The maximum absolute atomic E-state index is 11.4. The lowest BCUT2D eigenvalue weighted by Gasteiger charge is -2.46. The topological polar surface area (TPSA) is 29.5 Å². The monoisotopic (exact) mass is 211 g/mol. The van der Waals surface area contributed by atoms with Gasteiger partial charge in [-0.15, -0.1) is 0 Å². The average molecular weight is 211 g/mol. The smallest absolute Gasteiger partial charge is 0.305 e. The molecule has 2 aliphatic rings. The Labute approximate surface area is 91.8 Å². The molecule has 0 radical (unpaired) electrons. The zero-order valence-corrected chi connectivity index (χ0v) is 9.74. The highest BCUT2D eigenvalue weighted by atomic mass is 16.5. The summed E-state index contributed by atoms with van der Waals surface area (Å²) in [6.07, 6.45) is 4.57. The first-order valence-electron chi connectivity index (χ1n) is 5.96. The third-order valence-corrected chi connectivity index (χ3v) is 4.08. The van der Waals surface area contributed by atoms with Crippen LogP contribution in [0.2, 0.25) is 0 Å². The van der Waals surface area contributed by atoms with E-state index in [1.807, 2.05) is 0 Å². The van der Waals surface area contributed by atoms with Gasteiger partial charge in [0.2, 0.25) is 0 Å². The molecule has 1 aliphatic carbocycles. The second-order valence-corrected chi connectivity index (χ2v) is 5.12. The van der Waals surface area contributed by atoms with E-state index in [0.717, 1.165) is 24.9 Å². The second kappa shape index (κ2) is 4.52. The van der Waals surface area contributed by atoms with Crippen LogP contribution in [0.1, 0.15) is 25.7 Å². The van der Waals surface area contributed by atoms with E-state index < -0.39 is 0 Å². The molecule has 3 heteroatoms. The molecule has 1 heterocycles. The Morgan fingerprint density at radius 1 is 1.33 bits per heavy atom. The molecule has 0 amide bonds. The number of methoxy groups -OCH3 is 1. The summed E-state index contributed by atoms with van der Waals surface area (Å²) in [4.78, 5) is 13.8. The lowest BCUT2D eigenvalue weighted by molar-refractivity contribution is -0.144. The maximum Gasteiger partial charge on any atom is 0.305 e. The lowest BCUT2D eigenvalue weighted by atomic mass is 9.68. The number of hydrogen-bond acceptors (Lipinski definition) is 3. The normalized spacial score (nSPS) is 36.3. The van der Waals surface area contributed by atoms with Crippen LogP contribution in [-0.2, 0) is 9.53 Å². The number of likely N-dealkylation sites (tertiary alicyclic amines) is 1. The number of ether oxygens (including phenoxy) is 1. The molecule has 2 bridgehead atoms. The van der Waals surface area contributed by atoms with Crippen molar-refractivity contribution in [3.05, 3.63) is 0 Å². The predicted octanol–water partition coefficient (Wildman–Crippen LogP) is 1.53. The fraction of sp³-hybridized carbons (Fsp3) is 0.917. The van der Waals surface area contributed by atoms with E-state index in [1.165, 1.54) is 26.4 Å². The lowest BCUT2D eigenvalue weighted by Crippen LogP contribution is -2.47. The summed E-state index contributed by atoms with van der Waals surface area (Å²) >= 11 is 0. The number of fused-ring (bicyclic) bond motifs is 2. The van der Waals surface area contributed by atoms with Crippen molar-refractivity contribution in [2.75, 3.05) is 27.2 Å². The van der Waals surface area contributed by atoms with Gasteiger partial charge in [0, 0.05) is 19.5 Å². The number of hydrogen-bond donors (Lipinski definition) is 0. The van der Waals surface area contributed by atoms with Crippen molar-refractivity contribution in [1.29, 1.82) is 0 Å². The molecule has 0 aromatic rings. The van der Waals surface area contributed by atoms with Gasteiger partial charge in [0.15, 0.2) is 0 Å². The first kappa shape index (κ1) is 10.9. The fourth-order valence-electron chi connectivity index (χ4n) is 3.39. The van der Waals surface area contributed by atoms with Crippen LogP contribution in [0.3, 0.4) is 0 Å². The van der Waals surface area contributed by atoms with Crippen LogP contribution in [0.15, 0.2) is 0 Å². The van der Waals surface area contributed by atoms with Crippen LogP contribution >= 0.6 is 0 Å². The van der Waals surface area contributed by atoms with Crippen molar-refractivity contribution >= 4 is 5.97 Å². The third kappa shape index (κ3) is 2.33. The Bertz CT molecular complexity index is 228. The summed E-state index contributed by atoms with van der Waals surface area (Å²) in [6, 6.07) is 0. The highest BCUT2D eigenvalue weighted by molar-refractivity contribution is 5.69. The largest absolute Gasteiger partial charge is 0.469 e. The Morgan fingerprint density at radius 3 is 2.47 bits per heavy atom. The Hall–Kier alpha value is -0.570. The number of rotatable bonds is 2. The van der Waals surface area contributed by atoms with Crippen molar-refractivity contribution in [1.82, 2.24) is 4.90 Å². The van der Waals surface area contributed by atoms with Crippen molar-refractivity contribution < 1.29 is 9.53 Å². The molecule has 0 spiro atoms. The summed E-state index contributed by atoms with van der Waals surface area (Å²) in [5.41, 5.74) is 0. The van der Waals surface area contributed by atoms with Gasteiger partial charge in [0.25, 0.3) is 0 Å². The number of nitrogens with zero attached hydrogens (tertiary/aromatic N) is 1. The number of esters is 1. The molecule has 3 nitrogen and oxygen atoms in total. The van der Waals surface area contributed by atoms with E-state index in [0.29, 0.717) is 12.3 Å². The standard InChI is InChI=1S/C12H21NO2/c1-13-7-9-4-3-5-10(8-13)11(9)6-12(14)15-2/h9-11H,3-8H2,1-2H3. The van der Waals surface area contributed by atoms with E-state index in [2.05, 4.69) is 11.9 Å². The van der Waals surface area contributed by atoms with E-state index in [-0.39, 0.29) is 5.97 Å². The zero-order valence-electron chi connectivity index (χ0n) is 9.74. The molecule has 15 heavy (non-hydrogen) atoms. The molecule has 2 atom stereocenters. The summed E-state index contributed by atoms with van der Waals surface area (Å²) in [6.45, 7) is 2.33. The quantitative estimate of drug-likeness (QED) is 0.649. The molecule has 1 saturated carbocycles. The Morgan fingerprint density at radius 2 is 1.93 bits per heavy atom. The van der Waals surface area contributed by atoms with Gasteiger partial charge in [-0.25, -0.2) is 0 Å². The minimum atomic E-state index is -0.0264. The van der Waals surface area contributed by atoms with E-state index in [9.17, 15) is 4.79 Å². The van der Waals surface area contributed by atoms with Crippen LogP contribution in [0.25, 0.3) is 0 Å². The van der Waals surface area contributed by atoms with E-state index in [1.54, 1.807) is 0 Å². The van der Waals surface area contributed by atoms with Gasteiger partial charge in [-0.05, 0) is 37.6 Å². The van der Waals surface area contributed by atoms with Crippen molar-refractivity contribution in [3.8, 4) is 0 Å². The summed E-state index contributed by atoms with van der Waals surface area (Å²) in [5.74, 6) is 2.01. The molecular weight excluding hydrogens is 190 g/mol. The first-order valence-corrected chi connectivity index (χ1v) is 5.96. The van der Waals surface area contributed by atoms with Crippen LogP contribution < -0.4 is 0 Å². The van der Waals surface area contributed by atoms with Crippen LogP contribution in [0.4, 0.5) is 0 Å². The molecule has 2 unspecified atom stereocenters. The summed E-state index contributed by atoms with van der Waals surface area (Å²) in [7, 11) is 3.69. The highest BCUT2D eigenvalue weighted by Crippen LogP contribution is 2.41. The third-order valence-electron chi connectivity index (χ3n) is 4.08. The molecule has 0 aromatic heterocycles. The Kier molecular flexibility index (Phi) is 3.29. The predicted molar refractivity (Wildman–Crippen MR) is 58.5 cm³/mol. The molecule has 86 valence electrons. The number of carbonyl (C=O) groups excluding carboxylic acids is 1. The van der Waals surface area contributed by atoms with E-state index >= 15 is 0 Å². The molecule has 0 N–H and O–H groups in total. The summed E-state index contributed by atoms with van der Waals surface area (Å²) < 4.78 is 4.79. The first-order chi connectivity index (χ1) is 7.20. The van der Waals surface area contributed by atoms with Crippen LogP contribution in [0, 0.1) is 17.8 Å². The SMILES string of the molecule is COC(=O)CC1C2CCCC1CN(C)C2.